The molecule has 0 spiro atoms. The molecule has 0 aliphatic carbocycles. The van der Waals surface area contributed by atoms with Gasteiger partial charge >= 0.3 is 22.4 Å². The molecule has 0 amide bonds. The van der Waals surface area contributed by atoms with Crippen molar-refractivity contribution < 1.29 is 57.0 Å². The molecule has 0 bridgehead atoms. The van der Waals surface area contributed by atoms with Crippen LogP contribution in [0.15, 0.2) is 27.9 Å². The van der Waals surface area contributed by atoms with Gasteiger partial charge in [-0.15, -0.1) is 0 Å². The van der Waals surface area contributed by atoms with E-state index in [1.54, 1.807) is 0 Å². The van der Waals surface area contributed by atoms with Gasteiger partial charge in [-0.2, -0.15) is 13.2 Å². The third-order valence-electron chi connectivity index (χ3n) is 3.70. The monoisotopic (exact) mass is 472 g/mol. The topological polar surface area (TPSA) is 94.2 Å². The first kappa shape index (κ1) is 23.5. The first-order valence-corrected chi connectivity index (χ1v) is 9.65. The van der Waals surface area contributed by atoms with E-state index < -0.39 is 62.6 Å². The van der Waals surface area contributed by atoms with Crippen LogP contribution >= 0.6 is 10.2 Å². The highest BCUT2D eigenvalue weighted by Crippen LogP contribution is 3.02. The van der Waals surface area contributed by atoms with Crippen LogP contribution in [0.3, 0.4) is 0 Å². The molecular weight excluding hydrogens is 460 g/mol. The molecule has 0 unspecified atom stereocenters. The van der Waals surface area contributed by atoms with Gasteiger partial charge in [-0.25, -0.2) is 4.79 Å². The van der Waals surface area contributed by atoms with Crippen molar-refractivity contribution in [1.82, 2.24) is 0 Å². The Morgan fingerprint density at radius 3 is 2.40 bits per heavy atom. The minimum absolute atomic E-state index is 0.0102. The van der Waals surface area contributed by atoms with Crippen molar-refractivity contribution in [1.29, 1.82) is 0 Å². The number of halogens is 8. The Kier molecular flexibility index (Phi) is 5.39. The molecule has 7 nitrogen and oxygen atoms in total. The number of nitrogens with zero attached hydrogens (tertiary/aromatic N) is 1. The number of hydrogen-bond acceptors (Lipinski definition) is 6. The predicted octanol–water partition coefficient (Wildman–Crippen LogP) is 4.08. The van der Waals surface area contributed by atoms with Crippen LogP contribution in [0.5, 0.6) is 5.75 Å². The first-order chi connectivity index (χ1) is 13.5. The molecule has 1 aliphatic heterocycles. The van der Waals surface area contributed by atoms with Gasteiger partial charge in [0, 0.05) is 5.56 Å². The molecular formula is C14H12F8N2O5S. The molecule has 2 rings (SSSR count). The number of benzene rings is 1. The Balaban J connectivity index is 2.61. The maximum absolute atomic E-state index is 13.3. The smallest absolute Gasteiger partial charge is 0.430 e. The van der Waals surface area contributed by atoms with Crippen LogP contribution in [0, 0.1) is 5.21 Å². The largest absolute Gasteiger partial charge is 0.599 e. The summed E-state index contributed by atoms with van der Waals surface area (Å²) in [6.07, 6.45) is -8.23. The minimum Gasteiger partial charge on any atom is -0.599 e. The second kappa shape index (κ2) is 6.88. The van der Waals surface area contributed by atoms with Gasteiger partial charge in [0.15, 0.2) is 0 Å². The minimum atomic E-state index is -10.2. The molecule has 1 aromatic carbocycles. The molecule has 0 radical (unpaired) electrons. The molecule has 0 saturated heterocycles. The predicted molar refractivity (Wildman–Crippen MR) is 84.5 cm³/mol. The van der Waals surface area contributed by atoms with Gasteiger partial charge in [0.2, 0.25) is 11.4 Å². The molecule has 1 N–H and O–H groups in total. The average Bonchev–Trinajstić information content (AvgIpc) is 2.60. The van der Waals surface area contributed by atoms with Gasteiger partial charge in [0.25, 0.3) is 6.79 Å². The van der Waals surface area contributed by atoms with Crippen molar-refractivity contribution in [3.05, 3.63) is 34.0 Å². The second-order valence-corrected chi connectivity index (χ2v) is 8.23. The number of alkyl halides is 3. The van der Waals surface area contributed by atoms with E-state index in [0.29, 0.717) is 6.08 Å². The fraction of sp³-hybridized carbons (Fsp3) is 0.357. The van der Waals surface area contributed by atoms with Gasteiger partial charge in [0.1, 0.15) is 10.6 Å². The quantitative estimate of drug-likeness (QED) is 0.168. The Morgan fingerprint density at radius 1 is 1.27 bits per heavy atom. The van der Waals surface area contributed by atoms with Crippen LogP contribution in [0.4, 0.5) is 32.6 Å². The molecule has 0 saturated carbocycles. The molecule has 1 aromatic rings. The van der Waals surface area contributed by atoms with E-state index in [-0.39, 0.29) is 18.6 Å². The molecule has 16 heteroatoms. The van der Waals surface area contributed by atoms with Crippen molar-refractivity contribution in [3.8, 4) is 5.75 Å². The zero-order chi connectivity index (χ0) is 23.0. The molecule has 170 valence electrons. The van der Waals surface area contributed by atoms with Crippen molar-refractivity contribution in [2.45, 2.75) is 30.5 Å². The molecule has 1 atom stereocenters. The number of hydrogen-bond donors (Lipinski definition) is 1. The first-order valence-electron chi connectivity index (χ1n) is 7.70. The summed E-state index contributed by atoms with van der Waals surface area (Å²) >= 11 is 0. The fourth-order valence-electron chi connectivity index (χ4n) is 2.47. The van der Waals surface area contributed by atoms with Crippen molar-refractivity contribution in [3.63, 3.8) is 0 Å². The number of carbonyl (C=O) groups is 1. The van der Waals surface area contributed by atoms with E-state index in [0.717, 1.165) is 5.28 Å². The zero-order valence-corrected chi connectivity index (χ0v) is 15.5. The van der Waals surface area contributed by atoms with Crippen LogP contribution in [0.1, 0.15) is 18.1 Å². The Bertz CT molecular complexity index is 914. The molecule has 0 fully saturated rings. The number of aryl methyl sites for hydroxylation is 1. The standard InChI is InChI=1S/C14H12F8N2O5S/c1-2-7-3-9(30(18,19,20,21)22)4-8-5-10(13(25)27-6-28-24-23-26)12(14(15,16)17)29-11(7)8/h3-5,12,23H,2,6H2,1H3/t12-/m0/s1. The Labute approximate surface area is 162 Å². The van der Waals surface area contributed by atoms with Crippen molar-refractivity contribution in [2.75, 3.05) is 6.79 Å². The summed E-state index contributed by atoms with van der Waals surface area (Å²) < 4.78 is 115. The summed E-state index contributed by atoms with van der Waals surface area (Å²) in [5.41, 5.74) is -2.72. The van der Waals surface area contributed by atoms with Crippen molar-refractivity contribution in [2.24, 2.45) is 5.28 Å². The highest BCUT2D eigenvalue weighted by atomic mass is 32.5. The summed E-state index contributed by atoms with van der Waals surface area (Å²) in [5.74, 6) is -2.48. The normalized spacial score (nSPS) is 19.2. The Hall–Kier alpha value is -2.78. The van der Waals surface area contributed by atoms with Crippen LogP contribution in [0.2, 0.25) is 0 Å². The van der Waals surface area contributed by atoms with Gasteiger partial charge in [-0.3, -0.25) is 0 Å². The second-order valence-electron chi connectivity index (χ2n) is 5.82. The van der Waals surface area contributed by atoms with E-state index in [2.05, 4.69) is 14.9 Å². The van der Waals surface area contributed by atoms with Gasteiger partial charge < -0.3 is 19.5 Å². The number of rotatable bonds is 6. The third-order valence-corrected chi connectivity index (χ3v) is 4.83. The number of ether oxygens (including phenoxy) is 2. The lowest BCUT2D eigenvalue weighted by atomic mass is 9.98. The van der Waals surface area contributed by atoms with E-state index in [4.69, 9.17) is 4.74 Å². The number of nitrogens with one attached hydrogen (secondary N) is 1. The Morgan fingerprint density at radius 2 is 1.90 bits per heavy atom. The number of carbonyl (C=O) groups excluding carboxylic acids is 1. The van der Waals surface area contributed by atoms with E-state index in [1.165, 1.54) is 6.92 Å². The highest BCUT2D eigenvalue weighted by molar-refractivity contribution is 8.45. The van der Waals surface area contributed by atoms with Gasteiger partial charge in [-0.05, 0) is 30.2 Å². The lowest BCUT2D eigenvalue weighted by Gasteiger charge is -2.41. The lowest BCUT2D eigenvalue weighted by Crippen LogP contribution is -2.56. The SMILES string of the molecule is CCc1cc(S(F)(F)(F)(F)F)cc2c1O[C@H](C(F)(F)F)C(C(=O)OCO/N=[NH+]\[O-])=C2. The summed E-state index contributed by atoms with van der Waals surface area (Å²) in [6.45, 7) is 0.0870. The van der Waals surface area contributed by atoms with Gasteiger partial charge in [-0.1, -0.05) is 31.6 Å². The molecule has 30 heavy (non-hydrogen) atoms. The summed E-state index contributed by atoms with van der Waals surface area (Å²) in [6, 6.07) is -0.0979. The van der Waals surface area contributed by atoms with Gasteiger partial charge in [0.05, 0.1) is 5.57 Å². The summed E-state index contributed by atoms with van der Waals surface area (Å²) in [7, 11) is -10.2. The van der Waals surface area contributed by atoms with Crippen LogP contribution in [-0.4, -0.2) is 25.0 Å². The summed E-state index contributed by atoms with van der Waals surface area (Å²) in [5, 5.41) is 13.2. The maximum Gasteiger partial charge on any atom is 0.430 e. The molecule has 0 aromatic heterocycles. The number of esters is 1. The van der Waals surface area contributed by atoms with Crippen LogP contribution in [-0.2, 0) is 20.8 Å². The average molecular weight is 472 g/mol. The van der Waals surface area contributed by atoms with E-state index >= 15 is 0 Å². The van der Waals surface area contributed by atoms with E-state index in [9.17, 15) is 42.6 Å². The zero-order valence-electron chi connectivity index (χ0n) is 14.6. The highest BCUT2D eigenvalue weighted by Gasteiger charge is 2.65. The maximum atomic E-state index is 13.3. The van der Waals surface area contributed by atoms with Crippen molar-refractivity contribution >= 4 is 22.3 Å². The molecule has 1 heterocycles. The summed E-state index contributed by atoms with van der Waals surface area (Å²) in [4.78, 5) is 13.6. The molecule has 1 aliphatic rings. The number of fused-ring (bicyclic) bond motifs is 1. The van der Waals surface area contributed by atoms with Crippen LogP contribution in [0.25, 0.3) is 6.08 Å². The lowest BCUT2D eigenvalue weighted by molar-refractivity contribution is -0.498. The van der Waals surface area contributed by atoms with E-state index in [1.807, 2.05) is 0 Å². The fourth-order valence-corrected chi connectivity index (χ4v) is 3.18. The van der Waals surface area contributed by atoms with Crippen LogP contribution < -0.4 is 10.0 Å². The third kappa shape index (κ3) is 5.22.